The van der Waals surface area contributed by atoms with Crippen molar-refractivity contribution in [2.75, 3.05) is 26.7 Å². The van der Waals surface area contributed by atoms with E-state index in [1.54, 1.807) is 23.2 Å². The number of amides is 2. The fourth-order valence-corrected chi connectivity index (χ4v) is 5.33. The summed E-state index contributed by atoms with van der Waals surface area (Å²) in [6, 6.07) is 5.17. The van der Waals surface area contributed by atoms with Crippen molar-refractivity contribution in [3.8, 4) is 5.88 Å². The third-order valence-electron chi connectivity index (χ3n) is 7.25. The zero-order chi connectivity index (χ0) is 25.9. The fraction of sp³-hybridized carbons (Fsp3) is 0.571. The number of aryl methyl sites for hydroxylation is 3. The predicted octanol–water partition coefficient (Wildman–Crippen LogP) is 4.55. The van der Waals surface area contributed by atoms with Crippen molar-refractivity contribution in [2.24, 2.45) is 0 Å². The van der Waals surface area contributed by atoms with Crippen LogP contribution >= 0.6 is 0 Å². The molecule has 0 unspecified atom stereocenters. The maximum absolute atomic E-state index is 13.3. The van der Waals surface area contributed by atoms with E-state index in [2.05, 4.69) is 31.8 Å². The number of carboxylic acids is 1. The van der Waals surface area contributed by atoms with E-state index in [-0.39, 0.29) is 17.9 Å². The highest BCUT2D eigenvalue weighted by atomic mass is 16.5. The molecule has 2 aromatic heterocycles. The maximum atomic E-state index is 13.3. The molecular formula is C28H38N4O4. The summed E-state index contributed by atoms with van der Waals surface area (Å²) >= 11 is 0. The Morgan fingerprint density at radius 3 is 2.64 bits per heavy atom. The monoisotopic (exact) mass is 494 g/mol. The highest BCUT2D eigenvalue weighted by molar-refractivity contribution is 5.78. The van der Waals surface area contributed by atoms with Gasteiger partial charge in [0.25, 0.3) is 0 Å². The summed E-state index contributed by atoms with van der Waals surface area (Å²) in [5.74, 6) is -0.497. The first kappa shape index (κ1) is 25.9. The Morgan fingerprint density at radius 2 is 1.97 bits per heavy atom. The first-order valence-corrected chi connectivity index (χ1v) is 13.0. The van der Waals surface area contributed by atoms with Gasteiger partial charge in [0.2, 0.25) is 5.88 Å². The molecule has 0 aromatic carbocycles. The first-order valence-electron chi connectivity index (χ1n) is 13.0. The van der Waals surface area contributed by atoms with Crippen LogP contribution in [0.25, 0.3) is 0 Å². The van der Waals surface area contributed by atoms with Gasteiger partial charge in [-0.05, 0) is 60.6 Å². The van der Waals surface area contributed by atoms with Gasteiger partial charge in [0.05, 0.1) is 19.6 Å². The zero-order valence-electron chi connectivity index (χ0n) is 21.9. The van der Waals surface area contributed by atoms with Crippen molar-refractivity contribution >= 4 is 12.0 Å². The van der Waals surface area contributed by atoms with E-state index in [1.165, 1.54) is 36.8 Å². The van der Waals surface area contributed by atoms with Gasteiger partial charge in [-0.3, -0.25) is 9.78 Å². The molecule has 0 bridgehead atoms. The summed E-state index contributed by atoms with van der Waals surface area (Å²) in [7, 11) is 1.53. The van der Waals surface area contributed by atoms with Crippen LogP contribution in [0.5, 0.6) is 5.88 Å². The van der Waals surface area contributed by atoms with Gasteiger partial charge in [0, 0.05) is 43.3 Å². The number of carbonyl (C=O) groups excluding carboxylic acids is 1. The van der Waals surface area contributed by atoms with Crippen LogP contribution in [0.15, 0.2) is 24.4 Å². The Morgan fingerprint density at radius 1 is 1.19 bits per heavy atom. The third-order valence-corrected chi connectivity index (χ3v) is 7.25. The number of aromatic nitrogens is 2. The Labute approximate surface area is 213 Å². The number of carbonyl (C=O) groups is 2. The van der Waals surface area contributed by atoms with Crippen molar-refractivity contribution in [2.45, 2.75) is 77.2 Å². The van der Waals surface area contributed by atoms with Gasteiger partial charge in [0.15, 0.2) is 0 Å². The molecule has 1 atom stereocenters. The highest BCUT2D eigenvalue weighted by Gasteiger charge is 2.35. The standard InChI is InChI=1S/C28H38N4O4/c1-28(2,3)21-16-19-8-5-6-9-22(19)30-23(21)10-7-13-31-14-15-32(27(31)35)24(17-26(33)34)20-11-12-25(36-4)29-18-20/h11-12,16,18,24H,5-10,13-15,17H2,1-4H3,(H,33,34)/t24-/m0/s1. The SMILES string of the molecule is COc1ccc([C@H](CC(=O)O)N2CCN(CCCc3nc4c(cc3C(C)(C)C)CCCC4)C2=O)cn1. The van der Waals surface area contributed by atoms with Crippen LogP contribution < -0.4 is 4.74 Å². The van der Waals surface area contributed by atoms with Gasteiger partial charge >= 0.3 is 12.0 Å². The van der Waals surface area contributed by atoms with Crippen molar-refractivity contribution in [3.63, 3.8) is 0 Å². The Hall–Kier alpha value is -3.16. The molecule has 0 radical (unpaired) electrons. The fourth-order valence-electron chi connectivity index (χ4n) is 5.33. The number of methoxy groups -OCH3 is 1. The number of hydrogen-bond acceptors (Lipinski definition) is 5. The number of hydrogen-bond donors (Lipinski definition) is 1. The number of ether oxygens (including phenoxy) is 1. The van der Waals surface area contributed by atoms with E-state index < -0.39 is 12.0 Å². The van der Waals surface area contributed by atoms with E-state index in [0.29, 0.717) is 31.1 Å². The lowest BCUT2D eigenvalue weighted by Crippen LogP contribution is -2.36. The number of rotatable bonds is 9. The van der Waals surface area contributed by atoms with Crippen molar-refractivity contribution in [1.82, 2.24) is 19.8 Å². The summed E-state index contributed by atoms with van der Waals surface area (Å²) in [5, 5.41) is 9.50. The molecule has 36 heavy (non-hydrogen) atoms. The largest absolute Gasteiger partial charge is 0.481 e. The molecule has 2 aliphatic rings. The molecule has 0 saturated carbocycles. The maximum Gasteiger partial charge on any atom is 0.320 e. The molecule has 1 N–H and O–H groups in total. The lowest BCUT2D eigenvalue weighted by Gasteiger charge is -2.28. The third kappa shape index (κ3) is 5.79. The van der Waals surface area contributed by atoms with Gasteiger partial charge in [-0.25, -0.2) is 9.78 Å². The van der Waals surface area contributed by atoms with Crippen LogP contribution in [0.1, 0.15) is 80.6 Å². The second-order valence-electron chi connectivity index (χ2n) is 10.9. The number of pyridine rings is 2. The molecule has 1 saturated heterocycles. The number of carboxylic acid groups (broad SMARTS) is 1. The predicted molar refractivity (Wildman–Crippen MR) is 137 cm³/mol. The first-order chi connectivity index (χ1) is 17.2. The second kappa shape index (κ2) is 10.8. The van der Waals surface area contributed by atoms with E-state index in [1.807, 2.05) is 4.90 Å². The molecule has 2 aromatic rings. The van der Waals surface area contributed by atoms with Crippen molar-refractivity contribution in [1.29, 1.82) is 0 Å². The summed E-state index contributed by atoms with van der Waals surface area (Å²) in [6.07, 6.45) is 7.68. The summed E-state index contributed by atoms with van der Waals surface area (Å²) in [6.45, 7) is 8.41. The van der Waals surface area contributed by atoms with Gasteiger partial charge in [-0.1, -0.05) is 32.9 Å². The van der Waals surface area contributed by atoms with Crippen LogP contribution in [-0.4, -0.2) is 63.6 Å². The molecule has 3 heterocycles. The number of fused-ring (bicyclic) bond motifs is 1. The summed E-state index contributed by atoms with van der Waals surface area (Å²) < 4.78 is 5.11. The van der Waals surface area contributed by atoms with Crippen LogP contribution in [0, 0.1) is 0 Å². The summed E-state index contributed by atoms with van der Waals surface area (Å²) in [4.78, 5) is 37.7. The quantitative estimate of drug-likeness (QED) is 0.550. The lowest BCUT2D eigenvalue weighted by atomic mass is 9.82. The molecule has 8 nitrogen and oxygen atoms in total. The van der Waals surface area contributed by atoms with Gasteiger partial charge < -0.3 is 19.6 Å². The van der Waals surface area contributed by atoms with Crippen LogP contribution in [0.4, 0.5) is 4.79 Å². The van der Waals surface area contributed by atoms with E-state index in [0.717, 1.165) is 31.4 Å². The molecule has 0 spiro atoms. The van der Waals surface area contributed by atoms with Crippen LogP contribution in [0.2, 0.25) is 0 Å². The van der Waals surface area contributed by atoms with E-state index in [4.69, 9.17) is 9.72 Å². The Balaban J connectivity index is 1.43. The van der Waals surface area contributed by atoms with Crippen LogP contribution in [-0.2, 0) is 29.5 Å². The average molecular weight is 495 g/mol. The van der Waals surface area contributed by atoms with E-state index >= 15 is 0 Å². The zero-order valence-corrected chi connectivity index (χ0v) is 21.9. The Kier molecular flexibility index (Phi) is 7.81. The Bertz CT molecular complexity index is 1090. The van der Waals surface area contributed by atoms with E-state index in [9.17, 15) is 14.7 Å². The number of urea groups is 1. The highest BCUT2D eigenvalue weighted by Crippen LogP contribution is 2.32. The van der Waals surface area contributed by atoms with Gasteiger partial charge in [-0.15, -0.1) is 0 Å². The molecule has 4 rings (SSSR count). The number of aliphatic carboxylic acids is 1. The average Bonchev–Trinajstić information content (AvgIpc) is 3.21. The minimum absolute atomic E-state index is 0.0194. The lowest BCUT2D eigenvalue weighted by molar-refractivity contribution is -0.138. The van der Waals surface area contributed by atoms with Crippen molar-refractivity contribution < 1.29 is 19.4 Å². The topological polar surface area (TPSA) is 95.9 Å². The minimum atomic E-state index is -0.949. The molecule has 1 aliphatic heterocycles. The smallest absolute Gasteiger partial charge is 0.320 e. The normalized spacial score (nSPS) is 16.7. The van der Waals surface area contributed by atoms with Crippen LogP contribution in [0.3, 0.4) is 0 Å². The van der Waals surface area contributed by atoms with Crippen molar-refractivity contribution in [3.05, 3.63) is 52.5 Å². The summed E-state index contributed by atoms with van der Waals surface area (Å²) in [5.41, 5.74) is 5.83. The molecule has 194 valence electrons. The van der Waals surface area contributed by atoms with Gasteiger partial charge in [0.1, 0.15) is 0 Å². The molecule has 2 amide bonds. The molecular weight excluding hydrogens is 456 g/mol. The molecule has 8 heteroatoms. The minimum Gasteiger partial charge on any atom is -0.481 e. The second-order valence-corrected chi connectivity index (χ2v) is 10.9. The molecule has 1 fully saturated rings. The van der Waals surface area contributed by atoms with Gasteiger partial charge in [-0.2, -0.15) is 0 Å². The molecule has 1 aliphatic carbocycles. The number of nitrogens with zero attached hydrogens (tertiary/aromatic N) is 4.